The first-order valence-electron chi connectivity index (χ1n) is 6.42. The number of furan rings is 1. The lowest BCUT2D eigenvalue weighted by molar-refractivity contribution is -0.140. The first-order chi connectivity index (χ1) is 9.06. The molecule has 0 radical (unpaired) electrons. The first kappa shape index (κ1) is 12.2. The molecule has 0 aromatic carbocycles. The van der Waals surface area contributed by atoms with Crippen LogP contribution in [0.4, 0.5) is 0 Å². The Kier molecular flexibility index (Phi) is 2.82. The summed E-state index contributed by atoms with van der Waals surface area (Å²) in [5.74, 6) is 0.370. The fourth-order valence-corrected chi connectivity index (χ4v) is 2.58. The van der Waals surface area contributed by atoms with E-state index in [1.807, 2.05) is 26.0 Å². The Bertz CT molecular complexity index is 591. The van der Waals surface area contributed by atoms with Crippen molar-refractivity contribution in [2.75, 3.05) is 0 Å². The molecule has 2 heterocycles. The van der Waals surface area contributed by atoms with E-state index in [9.17, 15) is 9.90 Å². The van der Waals surface area contributed by atoms with E-state index in [0.717, 1.165) is 16.7 Å². The van der Waals surface area contributed by atoms with Gasteiger partial charge in [-0.05, 0) is 50.0 Å². The molecule has 3 rings (SSSR count). The molecule has 1 aliphatic carbocycles. The smallest absolute Gasteiger partial charge is 0.334 e. The van der Waals surface area contributed by atoms with Crippen LogP contribution < -0.4 is 0 Å². The second-order valence-electron chi connectivity index (χ2n) is 5.16. The average Bonchev–Trinajstić information content (AvgIpc) is 2.89. The molecule has 1 N–H and O–H groups in total. The van der Waals surface area contributed by atoms with E-state index in [1.54, 1.807) is 6.26 Å². The Hall–Kier alpha value is -1.81. The first-order valence-corrected chi connectivity index (χ1v) is 6.42. The molecule has 2 bridgehead atoms. The second kappa shape index (κ2) is 4.38. The maximum absolute atomic E-state index is 11.8. The van der Waals surface area contributed by atoms with Gasteiger partial charge in [-0.15, -0.1) is 0 Å². The molecule has 0 fully saturated rings. The minimum Gasteiger partial charge on any atom is -0.464 e. The molecule has 0 spiro atoms. The van der Waals surface area contributed by atoms with Gasteiger partial charge in [0.25, 0.3) is 0 Å². The molecule has 0 unspecified atom stereocenters. The lowest BCUT2D eigenvalue weighted by Crippen LogP contribution is -2.09. The summed E-state index contributed by atoms with van der Waals surface area (Å²) in [6, 6.07) is 0. The van der Waals surface area contributed by atoms with Crippen molar-refractivity contribution in [2.24, 2.45) is 0 Å². The molecule has 100 valence electrons. The van der Waals surface area contributed by atoms with E-state index in [2.05, 4.69) is 0 Å². The summed E-state index contributed by atoms with van der Waals surface area (Å²) in [4.78, 5) is 11.8. The van der Waals surface area contributed by atoms with Crippen molar-refractivity contribution in [1.82, 2.24) is 0 Å². The normalized spacial score (nSPS) is 29.1. The van der Waals surface area contributed by atoms with Crippen LogP contribution in [-0.2, 0) is 9.53 Å². The van der Waals surface area contributed by atoms with Crippen LogP contribution in [0.1, 0.15) is 42.8 Å². The minimum atomic E-state index is -0.566. The van der Waals surface area contributed by atoms with Crippen LogP contribution in [-0.4, -0.2) is 17.2 Å². The van der Waals surface area contributed by atoms with Gasteiger partial charge in [-0.2, -0.15) is 0 Å². The lowest BCUT2D eigenvalue weighted by Gasteiger charge is -2.12. The van der Waals surface area contributed by atoms with Gasteiger partial charge in [0, 0.05) is 11.1 Å². The van der Waals surface area contributed by atoms with Crippen LogP contribution in [0.3, 0.4) is 0 Å². The third-order valence-electron chi connectivity index (χ3n) is 3.76. The monoisotopic (exact) mass is 260 g/mol. The number of hydrogen-bond acceptors (Lipinski definition) is 4. The Morgan fingerprint density at radius 3 is 2.95 bits per heavy atom. The third-order valence-corrected chi connectivity index (χ3v) is 3.76. The van der Waals surface area contributed by atoms with Crippen molar-refractivity contribution in [2.45, 2.75) is 38.9 Å². The number of aliphatic hydroxyl groups excluding tert-OH is 1. The Morgan fingerprint density at radius 2 is 2.16 bits per heavy atom. The van der Waals surface area contributed by atoms with Crippen molar-refractivity contribution in [3.05, 3.63) is 40.4 Å². The highest BCUT2D eigenvalue weighted by atomic mass is 16.5. The van der Waals surface area contributed by atoms with Crippen LogP contribution in [0.2, 0.25) is 0 Å². The molecule has 1 aromatic heterocycles. The van der Waals surface area contributed by atoms with E-state index in [-0.39, 0.29) is 12.1 Å². The molecule has 19 heavy (non-hydrogen) atoms. The third kappa shape index (κ3) is 2.02. The summed E-state index contributed by atoms with van der Waals surface area (Å²) >= 11 is 0. The highest BCUT2D eigenvalue weighted by Gasteiger charge is 2.31. The Labute approximate surface area is 111 Å². The van der Waals surface area contributed by atoms with Gasteiger partial charge in [-0.25, -0.2) is 4.79 Å². The molecule has 1 aliphatic heterocycles. The topological polar surface area (TPSA) is 59.7 Å². The second-order valence-corrected chi connectivity index (χ2v) is 5.16. The van der Waals surface area contributed by atoms with E-state index in [0.29, 0.717) is 24.2 Å². The van der Waals surface area contributed by atoms with Crippen LogP contribution in [0.15, 0.2) is 27.9 Å². The lowest BCUT2D eigenvalue weighted by atomic mass is 9.96. The molecular formula is C15H16O4. The number of aliphatic hydroxyl groups is 1. The van der Waals surface area contributed by atoms with Gasteiger partial charge in [0.15, 0.2) is 6.10 Å². The fourth-order valence-electron chi connectivity index (χ4n) is 2.58. The quantitative estimate of drug-likeness (QED) is 0.728. The van der Waals surface area contributed by atoms with Crippen LogP contribution in [0, 0.1) is 6.92 Å². The molecule has 1 aromatic rings. The number of hydrogen-bond donors (Lipinski definition) is 1. The zero-order valence-corrected chi connectivity index (χ0v) is 11.0. The van der Waals surface area contributed by atoms with Gasteiger partial charge in [0.2, 0.25) is 0 Å². The number of carbonyl (C=O) groups excluding carboxylic acids is 1. The molecule has 2 atom stereocenters. The molecule has 2 aliphatic rings. The molecule has 4 heteroatoms. The summed E-state index contributed by atoms with van der Waals surface area (Å²) < 4.78 is 10.9. The maximum atomic E-state index is 11.8. The molecule has 0 amide bonds. The van der Waals surface area contributed by atoms with E-state index in [4.69, 9.17) is 9.15 Å². The standard InChI is InChI=1S/C15H16O4/c1-8-5-12-14(9(2)7-18-12)13-6-10(15(17)19-13)3-4-11(8)16/h5-7,11,13,16H,3-4H2,1-2H3/b8-5-/t11-,13-/m1/s1. The number of ether oxygens (including phenoxy) is 1. The van der Waals surface area contributed by atoms with Crippen LogP contribution in [0.5, 0.6) is 0 Å². The van der Waals surface area contributed by atoms with Crippen molar-refractivity contribution in [3.63, 3.8) is 0 Å². The fraction of sp³-hybridized carbons (Fsp3) is 0.400. The predicted molar refractivity (Wildman–Crippen MR) is 69.3 cm³/mol. The summed E-state index contributed by atoms with van der Waals surface area (Å²) in [5.41, 5.74) is 3.30. The van der Waals surface area contributed by atoms with Gasteiger partial charge < -0.3 is 14.3 Å². The number of rotatable bonds is 0. The van der Waals surface area contributed by atoms with E-state index >= 15 is 0 Å². The minimum absolute atomic E-state index is 0.289. The van der Waals surface area contributed by atoms with E-state index < -0.39 is 6.10 Å². The molecular weight excluding hydrogens is 244 g/mol. The van der Waals surface area contributed by atoms with Gasteiger partial charge in [0.05, 0.1) is 12.4 Å². The van der Waals surface area contributed by atoms with Crippen molar-refractivity contribution >= 4 is 12.0 Å². The Balaban J connectivity index is 2.13. The van der Waals surface area contributed by atoms with Crippen molar-refractivity contribution in [3.8, 4) is 0 Å². The predicted octanol–water partition coefficient (Wildman–Crippen LogP) is 2.67. The van der Waals surface area contributed by atoms with Gasteiger partial charge in [0.1, 0.15) is 5.76 Å². The maximum Gasteiger partial charge on any atom is 0.334 e. The number of carbonyl (C=O) groups is 1. The van der Waals surface area contributed by atoms with Crippen LogP contribution in [0.25, 0.3) is 6.08 Å². The van der Waals surface area contributed by atoms with Gasteiger partial charge in [-0.1, -0.05) is 0 Å². The number of aryl methyl sites for hydroxylation is 1. The van der Waals surface area contributed by atoms with Crippen molar-refractivity contribution in [1.29, 1.82) is 0 Å². The summed E-state index contributed by atoms with van der Waals surface area (Å²) in [7, 11) is 0. The highest BCUT2D eigenvalue weighted by molar-refractivity contribution is 5.91. The number of fused-ring (bicyclic) bond motifs is 3. The molecule has 0 saturated heterocycles. The van der Waals surface area contributed by atoms with Gasteiger partial charge >= 0.3 is 5.97 Å². The summed E-state index contributed by atoms with van der Waals surface area (Å²) in [5, 5.41) is 10.1. The highest BCUT2D eigenvalue weighted by Crippen LogP contribution is 2.37. The zero-order chi connectivity index (χ0) is 13.6. The summed E-state index contributed by atoms with van der Waals surface area (Å²) in [6.45, 7) is 3.79. The van der Waals surface area contributed by atoms with Crippen LogP contribution >= 0.6 is 0 Å². The van der Waals surface area contributed by atoms with E-state index in [1.165, 1.54) is 0 Å². The van der Waals surface area contributed by atoms with Gasteiger partial charge in [-0.3, -0.25) is 0 Å². The molecule has 0 saturated carbocycles. The SMILES string of the molecule is C/C1=C/c2occ(C)c2[C@H]2C=C(CC[C@H]1O)C(=O)O2. The number of esters is 1. The summed E-state index contributed by atoms with van der Waals surface area (Å²) in [6.07, 6.45) is 5.44. The van der Waals surface area contributed by atoms with Crippen molar-refractivity contribution < 1.29 is 19.1 Å². The molecule has 4 nitrogen and oxygen atoms in total. The largest absolute Gasteiger partial charge is 0.464 e. The zero-order valence-electron chi connectivity index (χ0n) is 11.0. The Morgan fingerprint density at radius 1 is 1.37 bits per heavy atom. The average molecular weight is 260 g/mol.